The molecule has 2 nitrogen and oxygen atoms in total. The molecular weight excluding hydrogens is 186 g/mol. The summed E-state index contributed by atoms with van der Waals surface area (Å²) in [7, 11) is 0. The quantitative estimate of drug-likeness (QED) is 0.711. The Kier molecular flexibility index (Phi) is 3.30. The summed E-state index contributed by atoms with van der Waals surface area (Å²) < 4.78 is 0. The van der Waals surface area contributed by atoms with Crippen LogP contribution in [0.3, 0.4) is 0 Å². The van der Waals surface area contributed by atoms with Crippen molar-refractivity contribution in [1.29, 1.82) is 0 Å². The topological polar surface area (TPSA) is 33.1 Å². The van der Waals surface area contributed by atoms with Crippen LogP contribution >= 0.6 is 0 Å². The van der Waals surface area contributed by atoms with Crippen LogP contribution in [-0.4, -0.2) is 16.2 Å². The van der Waals surface area contributed by atoms with Gasteiger partial charge < -0.3 is 5.11 Å². The highest BCUT2D eigenvalue weighted by atomic mass is 16.3. The molecule has 1 aliphatic carbocycles. The zero-order chi connectivity index (χ0) is 10.5. The van der Waals surface area contributed by atoms with E-state index in [9.17, 15) is 0 Å². The zero-order valence-electron chi connectivity index (χ0n) is 8.63. The van der Waals surface area contributed by atoms with Crippen molar-refractivity contribution in [3.8, 4) is 0 Å². The lowest BCUT2D eigenvalue weighted by Gasteiger charge is -2.17. The molecule has 15 heavy (non-hydrogen) atoms. The average molecular weight is 201 g/mol. The van der Waals surface area contributed by atoms with Crippen molar-refractivity contribution in [3.63, 3.8) is 0 Å². The maximum Gasteiger partial charge on any atom is 0.0701 e. The molecule has 0 saturated heterocycles. The third-order valence-corrected chi connectivity index (χ3v) is 2.59. The van der Waals surface area contributed by atoms with E-state index < -0.39 is 0 Å². The number of para-hydroxylation sites is 1. The second-order valence-electron chi connectivity index (χ2n) is 3.78. The van der Waals surface area contributed by atoms with Crippen molar-refractivity contribution < 1.29 is 5.11 Å². The van der Waals surface area contributed by atoms with Crippen LogP contribution in [0.2, 0.25) is 0 Å². The van der Waals surface area contributed by atoms with Crippen LogP contribution in [0, 0.1) is 0 Å². The Morgan fingerprint density at radius 2 is 1.73 bits per heavy atom. The molecule has 78 valence electrons. The van der Waals surface area contributed by atoms with Gasteiger partial charge in [-0.25, -0.2) is 0 Å². The van der Waals surface area contributed by atoms with Crippen molar-refractivity contribution in [2.24, 2.45) is 0 Å². The minimum Gasteiger partial charge on any atom is -0.393 e. The van der Waals surface area contributed by atoms with Crippen LogP contribution in [0.25, 0.3) is 10.9 Å². The third-order valence-electron chi connectivity index (χ3n) is 2.59. The van der Waals surface area contributed by atoms with Crippen molar-refractivity contribution in [2.45, 2.75) is 25.4 Å². The lowest BCUT2D eigenvalue weighted by atomic mass is 9.97. The van der Waals surface area contributed by atoms with Gasteiger partial charge in [-0.05, 0) is 31.4 Å². The predicted octanol–water partition coefficient (Wildman–Crippen LogP) is 2.77. The molecule has 1 aromatic heterocycles. The van der Waals surface area contributed by atoms with Crippen molar-refractivity contribution >= 4 is 10.9 Å². The molecule has 0 atom stereocenters. The number of hydrogen-bond donors (Lipinski definition) is 1. The Morgan fingerprint density at radius 3 is 2.33 bits per heavy atom. The van der Waals surface area contributed by atoms with E-state index in [1.54, 1.807) is 0 Å². The van der Waals surface area contributed by atoms with Gasteiger partial charge in [-0.2, -0.15) is 0 Å². The molecule has 2 aromatic rings. The minimum atomic E-state index is 0.0648. The van der Waals surface area contributed by atoms with Gasteiger partial charge in [0.1, 0.15) is 0 Å². The highest BCUT2D eigenvalue weighted by molar-refractivity contribution is 5.77. The molecule has 3 rings (SSSR count). The summed E-state index contributed by atoms with van der Waals surface area (Å²) in [5.41, 5.74) is 1.06. The summed E-state index contributed by atoms with van der Waals surface area (Å²) in [6.07, 6.45) is 5.19. The Labute approximate surface area is 89.6 Å². The van der Waals surface area contributed by atoms with E-state index in [2.05, 4.69) is 17.1 Å². The predicted molar refractivity (Wildman–Crippen MR) is 61.6 cm³/mol. The smallest absolute Gasteiger partial charge is 0.0701 e. The fraction of sp³-hybridized carbons (Fsp3) is 0.308. The van der Waals surface area contributed by atoms with E-state index in [4.69, 9.17) is 5.11 Å². The number of benzene rings is 1. The van der Waals surface area contributed by atoms with E-state index in [1.807, 2.05) is 30.5 Å². The number of hydrogen-bond acceptors (Lipinski definition) is 2. The van der Waals surface area contributed by atoms with Crippen molar-refractivity contribution in [2.75, 3.05) is 0 Å². The standard InChI is InChI=1S/C9H7N.C4H8O/c1-2-6-9-8(4-1)5-3-7-10-9;5-4-2-1-3-4/h1-7H;4-5H,1-3H2. The maximum absolute atomic E-state index is 8.45. The van der Waals surface area contributed by atoms with E-state index in [0.717, 1.165) is 18.4 Å². The average Bonchev–Trinajstić information content (AvgIpc) is 2.27. The Balaban J connectivity index is 0.000000144. The van der Waals surface area contributed by atoms with E-state index in [-0.39, 0.29) is 6.10 Å². The molecule has 2 heteroatoms. The molecule has 0 amide bonds. The fourth-order valence-corrected chi connectivity index (χ4v) is 1.40. The van der Waals surface area contributed by atoms with Crippen LogP contribution in [0.5, 0.6) is 0 Å². The molecule has 0 unspecified atom stereocenters. The number of pyridine rings is 1. The number of aliphatic hydroxyl groups excluding tert-OH is 1. The van der Waals surface area contributed by atoms with Gasteiger partial charge in [0.2, 0.25) is 0 Å². The molecule has 1 heterocycles. The van der Waals surface area contributed by atoms with Crippen molar-refractivity contribution in [3.05, 3.63) is 42.6 Å². The molecule has 0 aliphatic heterocycles. The molecule has 1 fully saturated rings. The second-order valence-corrected chi connectivity index (χ2v) is 3.78. The molecule has 1 aliphatic rings. The summed E-state index contributed by atoms with van der Waals surface area (Å²) in [5, 5.41) is 9.65. The van der Waals surface area contributed by atoms with Gasteiger partial charge in [0.25, 0.3) is 0 Å². The molecule has 0 bridgehead atoms. The van der Waals surface area contributed by atoms with Gasteiger partial charge in [0, 0.05) is 11.6 Å². The number of nitrogens with zero attached hydrogens (tertiary/aromatic N) is 1. The second kappa shape index (κ2) is 4.89. The van der Waals surface area contributed by atoms with Gasteiger partial charge >= 0.3 is 0 Å². The lowest BCUT2D eigenvalue weighted by molar-refractivity contribution is 0.0950. The number of rotatable bonds is 0. The highest BCUT2D eigenvalue weighted by Crippen LogP contribution is 2.16. The first-order valence-corrected chi connectivity index (χ1v) is 5.34. The van der Waals surface area contributed by atoms with Crippen LogP contribution in [-0.2, 0) is 0 Å². The molecule has 1 saturated carbocycles. The Morgan fingerprint density at radius 1 is 1.07 bits per heavy atom. The largest absolute Gasteiger partial charge is 0.393 e. The summed E-state index contributed by atoms with van der Waals surface area (Å²) in [6, 6.07) is 12.1. The highest BCUT2D eigenvalue weighted by Gasteiger charge is 2.11. The third kappa shape index (κ3) is 2.77. The minimum absolute atomic E-state index is 0.0648. The van der Waals surface area contributed by atoms with Crippen molar-refractivity contribution in [1.82, 2.24) is 4.98 Å². The fourth-order valence-electron chi connectivity index (χ4n) is 1.40. The summed E-state index contributed by atoms with van der Waals surface area (Å²) >= 11 is 0. The Bertz CT molecular complexity index is 358. The molecular formula is C13H15NO. The van der Waals surface area contributed by atoms with E-state index in [0.29, 0.717) is 0 Å². The number of aliphatic hydroxyl groups is 1. The van der Waals surface area contributed by atoms with Crippen LogP contribution in [0.4, 0.5) is 0 Å². The zero-order valence-corrected chi connectivity index (χ0v) is 8.63. The first-order chi connectivity index (χ1) is 7.36. The molecule has 0 spiro atoms. The Hall–Kier alpha value is -1.41. The molecule has 1 aromatic carbocycles. The maximum atomic E-state index is 8.45. The monoisotopic (exact) mass is 201 g/mol. The van der Waals surface area contributed by atoms with E-state index in [1.165, 1.54) is 11.8 Å². The lowest BCUT2D eigenvalue weighted by Crippen LogP contribution is -2.15. The van der Waals surface area contributed by atoms with Crippen LogP contribution < -0.4 is 0 Å². The summed E-state index contributed by atoms with van der Waals surface area (Å²) in [4.78, 5) is 4.18. The first kappa shape index (κ1) is 10.1. The normalized spacial score (nSPS) is 15.3. The van der Waals surface area contributed by atoms with Gasteiger partial charge in [-0.3, -0.25) is 4.98 Å². The van der Waals surface area contributed by atoms with Gasteiger partial charge in [-0.15, -0.1) is 0 Å². The van der Waals surface area contributed by atoms with Crippen LogP contribution in [0.1, 0.15) is 19.3 Å². The van der Waals surface area contributed by atoms with E-state index >= 15 is 0 Å². The summed E-state index contributed by atoms with van der Waals surface area (Å²) in [6.45, 7) is 0. The van der Waals surface area contributed by atoms with Gasteiger partial charge in [0.15, 0.2) is 0 Å². The first-order valence-electron chi connectivity index (χ1n) is 5.34. The van der Waals surface area contributed by atoms with Gasteiger partial charge in [0.05, 0.1) is 11.6 Å². The van der Waals surface area contributed by atoms with Gasteiger partial charge in [-0.1, -0.05) is 24.3 Å². The summed E-state index contributed by atoms with van der Waals surface area (Å²) in [5.74, 6) is 0. The molecule has 1 N–H and O–H groups in total. The SMILES string of the molecule is OC1CCC1.c1ccc2ncccc2c1. The molecule has 0 radical (unpaired) electrons. The number of fused-ring (bicyclic) bond motifs is 1. The number of aromatic nitrogens is 1. The van der Waals surface area contributed by atoms with Crippen LogP contribution in [0.15, 0.2) is 42.6 Å².